The first-order chi connectivity index (χ1) is 12.5. The molecule has 2 aromatic rings. The van der Waals surface area contributed by atoms with Crippen LogP contribution in [-0.4, -0.2) is 35.1 Å². The first-order valence-electron chi connectivity index (χ1n) is 8.46. The van der Waals surface area contributed by atoms with Gasteiger partial charge in [-0.15, -0.1) is 0 Å². The Morgan fingerprint density at radius 3 is 2.92 bits per heavy atom. The summed E-state index contributed by atoms with van der Waals surface area (Å²) in [5.41, 5.74) is 6.35. The molecule has 0 bridgehead atoms. The summed E-state index contributed by atoms with van der Waals surface area (Å²) in [7, 11) is 1.58. The Bertz CT molecular complexity index is 813. The number of benzene rings is 1. The summed E-state index contributed by atoms with van der Waals surface area (Å²) in [5, 5.41) is 14.5. The van der Waals surface area contributed by atoms with E-state index in [0.29, 0.717) is 30.4 Å². The monoisotopic (exact) mass is 358 g/mol. The van der Waals surface area contributed by atoms with Crippen LogP contribution >= 0.6 is 0 Å². The minimum atomic E-state index is -0.515. The lowest BCUT2D eigenvalue weighted by Crippen LogP contribution is -2.35. The molecule has 0 amide bonds. The predicted octanol–water partition coefficient (Wildman–Crippen LogP) is 2.96. The summed E-state index contributed by atoms with van der Waals surface area (Å²) < 4.78 is 5.19. The van der Waals surface area contributed by atoms with Crippen molar-refractivity contribution in [2.45, 2.75) is 19.8 Å². The van der Waals surface area contributed by atoms with Gasteiger partial charge in [0.15, 0.2) is 0 Å². The second kappa shape index (κ2) is 7.42. The number of ether oxygens (including phenoxy) is 1. The molecule has 0 radical (unpaired) electrons. The zero-order valence-corrected chi connectivity index (χ0v) is 14.8. The molecule has 1 aromatic carbocycles. The van der Waals surface area contributed by atoms with Gasteiger partial charge in [-0.3, -0.25) is 10.1 Å². The number of nitrogens with one attached hydrogen (secondary N) is 1. The number of hydrogen-bond acceptors (Lipinski definition) is 8. The zero-order valence-electron chi connectivity index (χ0n) is 14.8. The molecular formula is C17H22N6O3. The van der Waals surface area contributed by atoms with E-state index in [1.54, 1.807) is 13.2 Å². The summed E-state index contributed by atoms with van der Waals surface area (Å²) in [6.07, 6.45) is 2.06. The highest BCUT2D eigenvalue weighted by molar-refractivity contribution is 5.72. The number of methoxy groups -OCH3 is 1. The average molecular weight is 358 g/mol. The van der Waals surface area contributed by atoms with Gasteiger partial charge in [0, 0.05) is 24.8 Å². The molecule has 9 heteroatoms. The lowest BCUT2D eigenvalue weighted by molar-refractivity contribution is -0.383. The molecule has 0 spiro atoms. The number of piperidine rings is 1. The van der Waals surface area contributed by atoms with E-state index in [2.05, 4.69) is 22.2 Å². The third kappa shape index (κ3) is 3.76. The van der Waals surface area contributed by atoms with E-state index in [1.165, 1.54) is 0 Å². The molecule has 3 N–H and O–H groups in total. The normalized spacial score (nSPS) is 17.0. The first kappa shape index (κ1) is 17.7. The Labute approximate surface area is 151 Å². The summed E-state index contributed by atoms with van der Waals surface area (Å²) in [4.78, 5) is 21.4. The van der Waals surface area contributed by atoms with E-state index in [4.69, 9.17) is 10.5 Å². The van der Waals surface area contributed by atoms with Crippen molar-refractivity contribution in [2.75, 3.05) is 36.1 Å². The van der Waals surface area contributed by atoms with Crippen molar-refractivity contribution in [2.24, 2.45) is 5.92 Å². The Morgan fingerprint density at radius 2 is 2.23 bits per heavy atom. The maximum atomic E-state index is 11.5. The number of anilines is 4. The molecule has 1 saturated heterocycles. The van der Waals surface area contributed by atoms with Crippen LogP contribution in [0.25, 0.3) is 0 Å². The van der Waals surface area contributed by atoms with Gasteiger partial charge in [-0.05, 0) is 30.9 Å². The summed E-state index contributed by atoms with van der Waals surface area (Å²) in [6, 6.07) is 7.25. The lowest BCUT2D eigenvalue weighted by Gasteiger charge is -2.31. The average Bonchev–Trinajstić information content (AvgIpc) is 2.61. The first-order valence-corrected chi connectivity index (χ1v) is 8.46. The summed E-state index contributed by atoms with van der Waals surface area (Å²) in [6.45, 7) is 3.54. The van der Waals surface area contributed by atoms with E-state index < -0.39 is 4.92 Å². The molecule has 26 heavy (non-hydrogen) atoms. The van der Waals surface area contributed by atoms with Gasteiger partial charge in [0.1, 0.15) is 5.75 Å². The van der Waals surface area contributed by atoms with Gasteiger partial charge in [0.05, 0.1) is 12.0 Å². The van der Waals surface area contributed by atoms with Crippen LogP contribution < -0.4 is 20.7 Å². The van der Waals surface area contributed by atoms with Crippen LogP contribution in [-0.2, 0) is 0 Å². The van der Waals surface area contributed by atoms with Gasteiger partial charge in [0.2, 0.25) is 17.6 Å². The highest BCUT2D eigenvalue weighted by atomic mass is 16.6. The van der Waals surface area contributed by atoms with Crippen molar-refractivity contribution < 1.29 is 9.66 Å². The van der Waals surface area contributed by atoms with Crippen LogP contribution in [0.1, 0.15) is 19.8 Å². The second-order valence-corrected chi connectivity index (χ2v) is 6.41. The van der Waals surface area contributed by atoms with Gasteiger partial charge >= 0.3 is 5.69 Å². The van der Waals surface area contributed by atoms with Crippen LogP contribution in [0.2, 0.25) is 0 Å². The number of nitro groups is 1. The summed E-state index contributed by atoms with van der Waals surface area (Å²) in [5.74, 6) is 1.45. The van der Waals surface area contributed by atoms with Crippen LogP contribution in [0.15, 0.2) is 24.3 Å². The fraction of sp³-hybridized carbons (Fsp3) is 0.412. The van der Waals surface area contributed by atoms with Crippen molar-refractivity contribution in [3.63, 3.8) is 0 Å². The fourth-order valence-corrected chi connectivity index (χ4v) is 3.12. The number of nitrogens with zero attached hydrogens (tertiary/aromatic N) is 4. The Kier molecular flexibility index (Phi) is 5.06. The number of nitrogens with two attached hydrogens (primary N) is 1. The third-order valence-corrected chi connectivity index (χ3v) is 4.36. The van der Waals surface area contributed by atoms with Crippen molar-refractivity contribution >= 4 is 29.0 Å². The topological polar surface area (TPSA) is 119 Å². The Hall–Kier alpha value is -3.10. The van der Waals surface area contributed by atoms with Crippen molar-refractivity contribution in [1.29, 1.82) is 0 Å². The molecule has 1 fully saturated rings. The molecule has 0 saturated carbocycles. The Balaban J connectivity index is 1.97. The van der Waals surface area contributed by atoms with Gasteiger partial charge in [-0.25, -0.2) is 0 Å². The van der Waals surface area contributed by atoms with Crippen LogP contribution in [0.5, 0.6) is 5.75 Å². The third-order valence-electron chi connectivity index (χ3n) is 4.36. The van der Waals surface area contributed by atoms with E-state index in [-0.39, 0.29) is 23.3 Å². The molecule has 1 aromatic heterocycles. The van der Waals surface area contributed by atoms with E-state index in [9.17, 15) is 10.1 Å². The molecular weight excluding hydrogens is 336 g/mol. The molecule has 3 rings (SSSR count). The van der Waals surface area contributed by atoms with E-state index >= 15 is 0 Å². The quantitative estimate of drug-likeness (QED) is 0.618. The number of rotatable bonds is 5. The lowest BCUT2D eigenvalue weighted by atomic mass is 10.0. The van der Waals surface area contributed by atoms with E-state index in [1.807, 2.05) is 23.1 Å². The van der Waals surface area contributed by atoms with Crippen molar-refractivity contribution in [1.82, 2.24) is 9.97 Å². The Morgan fingerprint density at radius 1 is 1.42 bits per heavy atom. The number of nitrogen functional groups attached to an aromatic ring is 1. The van der Waals surface area contributed by atoms with Crippen molar-refractivity contribution in [3.05, 3.63) is 34.4 Å². The molecule has 0 unspecified atom stereocenters. The molecule has 138 valence electrons. The summed E-state index contributed by atoms with van der Waals surface area (Å²) >= 11 is 0. The van der Waals surface area contributed by atoms with E-state index in [0.717, 1.165) is 12.8 Å². The number of hydrogen-bond donors (Lipinski definition) is 2. The van der Waals surface area contributed by atoms with Gasteiger partial charge in [-0.2, -0.15) is 9.97 Å². The maximum Gasteiger partial charge on any atom is 0.353 e. The fourth-order valence-electron chi connectivity index (χ4n) is 3.12. The SMILES string of the molecule is COc1cccc(Nc2nc(N)c([N+](=O)[O-])c(N3CCC[C@@H](C)C3)n2)c1. The van der Waals surface area contributed by atoms with Crippen molar-refractivity contribution in [3.8, 4) is 5.75 Å². The predicted molar refractivity (Wildman–Crippen MR) is 100.0 cm³/mol. The van der Waals surface area contributed by atoms with Crippen LogP contribution in [0.3, 0.4) is 0 Å². The largest absolute Gasteiger partial charge is 0.497 e. The second-order valence-electron chi connectivity index (χ2n) is 6.41. The molecule has 1 aliphatic rings. The minimum Gasteiger partial charge on any atom is -0.497 e. The minimum absolute atomic E-state index is 0.149. The van der Waals surface area contributed by atoms with Gasteiger partial charge in [-0.1, -0.05) is 13.0 Å². The van der Waals surface area contributed by atoms with Crippen LogP contribution in [0, 0.1) is 16.0 Å². The molecule has 9 nitrogen and oxygen atoms in total. The molecule has 2 heterocycles. The standard InChI is InChI=1S/C17H22N6O3/c1-11-5-4-8-22(10-11)16-14(23(24)25)15(18)20-17(21-16)19-12-6-3-7-13(9-12)26-2/h3,6-7,9,11H,4-5,8,10H2,1-2H3,(H3,18,19,20,21)/t11-/m1/s1. The highest BCUT2D eigenvalue weighted by Gasteiger charge is 2.29. The highest BCUT2D eigenvalue weighted by Crippen LogP contribution is 2.35. The molecule has 1 atom stereocenters. The number of aromatic nitrogens is 2. The maximum absolute atomic E-state index is 11.5. The zero-order chi connectivity index (χ0) is 18.7. The van der Waals surface area contributed by atoms with Gasteiger partial charge in [0.25, 0.3) is 0 Å². The molecule has 1 aliphatic heterocycles. The van der Waals surface area contributed by atoms with Gasteiger partial charge < -0.3 is 20.7 Å². The smallest absolute Gasteiger partial charge is 0.353 e. The van der Waals surface area contributed by atoms with Crippen LogP contribution in [0.4, 0.5) is 29.0 Å². The molecule has 0 aliphatic carbocycles.